The molecule has 0 amide bonds. The lowest BCUT2D eigenvalue weighted by Crippen LogP contribution is -2.39. The van der Waals surface area contributed by atoms with Crippen LogP contribution in [-0.4, -0.2) is 36.9 Å². The molecule has 2 aromatic rings. The number of carbonyl (C=O) groups is 1. The minimum atomic E-state index is 0.165. The maximum absolute atomic E-state index is 12.3. The highest BCUT2D eigenvalue weighted by Crippen LogP contribution is 2.27. The van der Waals surface area contributed by atoms with Crippen molar-refractivity contribution in [3.8, 4) is 0 Å². The maximum Gasteiger partial charge on any atom is 0.176 e. The van der Waals surface area contributed by atoms with E-state index in [4.69, 9.17) is 0 Å². The summed E-state index contributed by atoms with van der Waals surface area (Å²) < 4.78 is 0. The Morgan fingerprint density at radius 2 is 1.92 bits per heavy atom. The quantitative estimate of drug-likeness (QED) is 0.770. The number of rotatable bonds is 7. The minimum Gasteiger partial charge on any atom is -0.308 e. The number of Topliss-reactive ketones (excluding diaryl/α,β-unsaturated/α-hetero) is 1. The fourth-order valence-corrected chi connectivity index (χ4v) is 4.15. The number of nitrogens with zero attached hydrogens (tertiary/aromatic N) is 1. The summed E-state index contributed by atoms with van der Waals surface area (Å²) in [5.41, 5.74) is 1.97. The number of piperidine rings is 1. The van der Waals surface area contributed by atoms with Gasteiger partial charge in [-0.2, -0.15) is 0 Å². The zero-order valence-corrected chi connectivity index (χ0v) is 15.1. The zero-order valence-electron chi connectivity index (χ0n) is 14.3. The molecule has 1 aromatic heterocycles. The Morgan fingerprint density at radius 3 is 2.58 bits per heavy atom. The SMILES string of the molecule is Cc1ccc(C(=O)CNCC(c2cccs2)N2CCCCC2)cc1. The van der Waals surface area contributed by atoms with E-state index >= 15 is 0 Å². The number of nitrogens with one attached hydrogen (secondary N) is 1. The van der Waals surface area contributed by atoms with Crippen molar-refractivity contribution in [2.24, 2.45) is 0 Å². The standard InChI is InChI=1S/C20H26N2OS/c1-16-7-9-17(10-8-16)19(23)15-21-14-18(20-6-5-13-24-20)22-11-3-2-4-12-22/h5-10,13,18,21H,2-4,11-12,14-15H2,1H3. The van der Waals surface area contributed by atoms with Crippen LogP contribution in [0.2, 0.25) is 0 Å². The lowest BCUT2D eigenvalue weighted by Gasteiger charge is -2.34. The number of likely N-dealkylation sites (tertiary alicyclic amines) is 1. The Labute approximate surface area is 148 Å². The van der Waals surface area contributed by atoms with Crippen molar-refractivity contribution in [3.05, 3.63) is 57.8 Å². The van der Waals surface area contributed by atoms with Crippen LogP contribution >= 0.6 is 11.3 Å². The van der Waals surface area contributed by atoms with E-state index in [2.05, 4.69) is 27.7 Å². The molecule has 0 radical (unpaired) electrons. The molecule has 3 nitrogen and oxygen atoms in total. The molecular weight excluding hydrogens is 316 g/mol. The van der Waals surface area contributed by atoms with Crippen LogP contribution in [0.15, 0.2) is 41.8 Å². The first-order valence-corrected chi connectivity index (χ1v) is 9.70. The molecule has 0 saturated carbocycles. The van der Waals surface area contributed by atoms with Crippen LogP contribution in [0.5, 0.6) is 0 Å². The van der Waals surface area contributed by atoms with Gasteiger partial charge in [-0.1, -0.05) is 42.3 Å². The molecule has 1 aliphatic heterocycles. The summed E-state index contributed by atoms with van der Waals surface area (Å²) >= 11 is 1.81. The van der Waals surface area contributed by atoms with Crippen molar-refractivity contribution in [1.29, 1.82) is 0 Å². The second-order valence-electron chi connectivity index (χ2n) is 6.55. The number of aryl methyl sites for hydroxylation is 1. The number of ketones is 1. The maximum atomic E-state index is 12.3. The summed E-state index contributed by atoms with van der Waals surface area (Å²) in [6.45, 7) is 5.60. The zero-order chi connectivity index (χ0) is 16.8. The van der Waals surface area contributed by atoms with Crippen LogP contribution < -0.4 is 5.32 Å². The summed E-state index contributed by atoms with van der Waals surface area (Å²) in [7, 11) is 0. The summed E-state index contributed by atoms with van der Waals surface area (Å²) in [6.07, 6.45) is 3.90. The van der Waals surface area contributed by atoms with Crippen molar-refractivity contribution < 1.29 is 4.79 Å². The number of thiophene rings is 1. The first-order valence-electron chi connectivity index (χ1n) is 8.82. The molecule has 1 fully saturated rings. The van der Waals surface area contributed by atoms with E-state index in [1.165, 1.54) is 29.7 Å². The van der Waals surface area contributed by atoms with Crippen molar-refractivity contribution >= 4 is 17.1 Å². The predicted octanol–water partition coefficient (Wildman–Crippen LogP) is 4.06. The summed E-state index contributed by atoms with van der Waals surface area (Å²) in [5.74, 6) is 0.165. The molecule has 1 saturated heterocycles. The molecule has 24 heavy (non-hydrogen) atoms. The van der Waals surface area contributed by atoms with Gasteiger partial charge >= 0.3 is 0 Å². The van der Waals surface area contributed by atoms with Gasteiger partial charge in [-0.25, -0.2) is 0 Å². The smallest absolute Gasteiger partial charge is 0.176 e. The fraction of sp³-hybridized carbons (Fsp3) is 0.450. The Morgan fingerprint density at radius 1 is 1.17 bits per heavy atom. The third-order valence-electron chi connectivity index (χ3n) is 4.70. The lowest BCUT2D eigenvalue weighted by molar-refractivity contribution is 0.0984. The van der Waals surface area contributed by atoms with Gasteiger partial charge in [0.15, 0.2) is 5.78 Å². The molecule has 0 bridgehead atoms. The molecule has 1 N–H and O–H groups in total. The van der Waals surface area contributed by atoms with E-state index in [9.17, 15) is 4.79 Å². The first kappa shape index (κ1) is 17.3. The van der Waals surface area contributed by atoms with Crippen LogP contribution in [-0.2, 0) is 0 Å². The van der Waals surface area contributed by atoms with E-state index in [0.29, 0.717) is 12.6 Å². The van der Waals surface area contributed by atoms with Crippen molar-refractivity contribution in [2.45, 2.75) is 32.2 Å². The number of benzene rings is 1. The second kappa shape index (κ2) is 8.56. The van der Waals surface area contributed by atoms with Crippen LogP contribution in [0.25, 0.3) is 0 Å². The summed E-state index contributed by atoms with van der Waals surface area (Å²) in [4.78, 5) is 16.3. The van der Waals surface area contributed by atoms with Gasteiger partial charge in [0.05, 0.1) is 12.6 Å². The summed E-state index contributed by atoms with van der Waals surface area (Å²) in [6, 6.07) is 12.5. The Hall–Kier alpha value is -1.49. The number of carbonyl (C=O) groups excluding carboxylic acids is 1. The van der Waals surface area contributed by atoms with Gasteiger partial charge in [0.25, 0.3) is 0 Å². The van der Waals surface area contributed by atoms with E-state index in [1.54, 1.807) is 0 Å². The molecule has 3 rings (SSSR count). The molecule has 128 valence electrons. The van der Waals surface area contributed by atoms with E-state index in [1.807, 2.05) is 42.5 Å². The van der Waals surface area contributed by atoms with Gasteiger partial charge in [0, 0.05) is 17.0 Å². The van der Waals surface area contributed by atoms with E-state index < -0.39 is 0 Å². The highest BCUT2D eigenvalue weighted by molar-refractivity contribution is 7.10. The van der Waals surface area contributed by atoms with Crippen LogP contribution in [0.1, 0.15) is 46.1 Å². The van der Waals surface area contributed by atoms with Crippen LogP contribution in [0.4, 0.5) is 0 Å². The number of hydrogen-bond acceptors (Lipinski definition) is 4. The average molecular weight is 343 g/mol. The van der Waals surface area contributed by atoms with E-state index in [0.717, 1.165) is 25.2 Å². The Kier molecular flexibility index (Phi) is 6.18. The van der Waals surface area contributed by atoms with Crippen LogP contribution in [0.3, 0.4) is 0 Å². The largest absolute Gasteiger partial charge is 0.308 e. The van der Waals surface area contributed by atoms with Crippen molar-refractivity contribution in [2.75, 3.05) is 26.2 Å². The predicted molar refractivity (Wildman–Crippen MR) is 101 cm³/mol. The Balaban J connectivity index is 1.57. The highest BCUT2D eigenvalue weighted by Gasteiger charge is 2.23. The number of hydrogen-bond donors (Lipinski definition) is 1. The van der Waals surface area contributed by atoms with Gasteiger partial charge < -0.3 is 5.32 Å². The molecule has 0 spiro atoms. The Bertz CT molecular complexity index is 630. The third kappa shape index (κ3) is 4.53. The molecule has 2 heterocycles. The molecule has 1 atom stereocenters. The van der Waals surface area contributed by atoms with Gasteiger partial charge in [-0.3, -0.25) is 9.69 Å². The average Bonchev–Trinajstić information content (AvgIpc) is 3.14. The molecule has 1 aromatic carbocycles. The van der Waals surface area contributed by atoms with E-state index in [-0.39, 0.29) is 5.78 Å². The van der Waals surface area contributed by atoms with Gasteiger partial charge in [0.2, 0.25) is 0 Å². The molecule has 4 heteroatoms. The molecule has 1 unspecified atom stereocenters. The van der Waals surface area contributed by atoms with Gasteiger partial charge in [0.1, 0.15) is 0 Å². The monoisotopic (exact) mass is 342 g/mol. The molecule has 1 aliphatic rings. The highest BCUT2D eigenvalue weighted by atomic mass is 32.1. The fourth-order valence-electron chi connectivity index (χ4n) is 3.28. The van der Waals surface area contributed by atoms with Crippen LogP contribution in [0, 0.1) is 6.92 Å². The van der Waals surface area contributed by atoms with Gasteiger partial charge in [-0.15, -0.1) is 11.3 Å². The molecular formula is C20H26N2OS. The minimum absolute atomic E-state index is 0.165. The summed E-state index contributed by atoms with van der Waals surface area (Å²) in [5, 5.41) is 5.54. The molecule has 0 aliphatic carbocycles. The van der Waals surface area contributed by atoms with Crippen molar-refractivity contribution in [1.82, 2.24) is 10.2 Å². The lowest BCUT2D eigenvalue weighted by atomic mass is 10.1. The van der Waals surface area contributed by atoms with Crippen molar-refractivity contribution in [3.63, 3.8) is 0 Å². The normalized spacial score (nSPS) is 16.9. The first-order chi connectivity index (χ1) is 11.7. The third-order valence-corrected chi connectivity index (χ3v) is 5.67. The topological polar surface area (TPSA) is 32.3 Å². The van der Waals surface area contributed by atoms with Gasteiger partial charge in [-0.05, 0) is 44.3 Å². The second-order valence-corrected chi connectivity index (χ2v) is 7.53.